The minimum Gasteiger partial charge on any atom is -0.507 e. The Morgan fingerprint density at radius 2 is 1.95 bits per heavy atom. The van der Waals surface area contributed by atoms with Crippen molar-refractivity contribution in [1.82, 2.24) is 0 Å². The fourth-order valence-electron chi connectivity index (χ4n) is 2.06. The molecule has 0 saturated heterocycles. The van der Waals surface area contributed by atoms with E-state index in [1.165, 1.54) is 7.11 Å². The van der Waals surface area contributed by atoms with Gasteiger partial charge in [-0.3, -0.25) is 0 Å². The number of phenols is 1. The molecule has 21 heavy (non-hydrogen) atoms. The molecule has 0 aliphatic rings. The molecule has 4 nitrogen and oxygen atoms in total. The third-order valence-corrected chi connectivity index (χ3v) is 3.05. The lowest BCUT2D eigenvalue weighted by molar-refractivity contribution is 0.0505. The van der Waals surface area contributed by atoms with Crippen molar-refractivity contribution in [2.24, 2.45) is 0 Å². The summed E-state index contributed by atoms with van der Waals surface area (Å²) in [6, 6.07) is 12.0. The van der Waals surface area contributed by atoms with Crippen molar-refractivity contribution >= 4 is 5.97 Å². The van der Waals surface area contributed by atoms with Gasteiger partial charge in [-0.25, -0.2) is 4.79 Å². The SMILES string of the molecule is CCCOC(=O)c1cccc(-c2c(O)cccc2OC)c1. The third-order valence-electron chi connectivity index (χ3n) is 3.05. The summed E-state index contributed by atoms with van der Waals surface area (Å²) < 4.78 is 10.4. The molecule has 4 heteroatoms. The Labute approximate surface area is 123 Å². The number of rotatable bonds is 5. The van der Waals surface area contributed by atoms with Gasteiger partial charge in [0.05, 0.1) is 24.8 Å². The van der Waals surface area contributed by atoms with E-state index in [1.807, 2.05) is 13.0 Å². The van der Waals surface area contributed by atoms with E-state index in [-0.39, 0.29) is 11.7 Å². The van der Waals surface area contributed by atoms with E-state index in [4.69, 9.17) is 9.47 Å². The molecule has 0 atom stereocenters. The van der Waals surface area contributed by atoms with E-state index in [2.05, 4.69) is 0 Å². The van der Waals surface area contributed by atoms with E-state index in [0.717, 1.165) is 6.42 Å². The lowest BCUT2D eigenvalue weighted by atomic mass is 10.0. The normalized spacial score (nSPS) is 10.2. The van der Waals surface area contributed by atoms with Gasteiger partial charge in [0.1, 0.15) is 11.5 Å². The van der Waals surface area contributed by atoms with E-state index >= 15 is 0 Å². The van der Waals surface area contributed by atoms with Crippen LogP contribution < -0.4 is 4.74 Å². The summed E-state index contributed by atoms with van der Waals surface area (Å²) >= 11 is 0. The van der Waals surface area contributed by atoms with Crippen LogP contribution in [-0.4, -0.2) is 24.8 Å². The summed E-state index contributed by atoms with van der Waals surface area (Å²) in [5.74, 6) is 0.288. The molecule has 1 N–H and O–H groups in total. The van der Waals surface area contributed by atoms with Crippen LogP contribution >= 0.6 is 0 Å². The first-order valence-corrected chi connectivity index (χ1v) is 6.81. The molecular weight excluding hydrogens is 268 g/mol. The number of carbonyl (C=O) groups excluding carboxylic acids is 1. The number of benzene rings is 2. The summed E-state index contributed by atoms with van der Waals surface area (Å²) in [5.41, 5.74) is 1.72. The molecule has 2 aromatic rings. The zero-order valence-corrected chi connectivity index (χ0v) is 12.1. The summed E-state index contributed by atoms with van der Waals surface area (Å²) in [7, 11) is 1.54. The number of phenolic OH excluding ortho intramolecular Hbond substituents is 1. The Morgan fingerprint density at radius 1 is 1.19 bits per heavy atom. The Hall–Kier alpha value is -2.49. The maximum atomic E-state index is 11.9. The van der Waals surface area contributed by atoms with Crippen molar-refractivity contribution in [3.63, 3.8) is 0 Å². The van der Waals surface area contributed by atoms with Gasteiger partial charge in [0, 0.05) is 0 Å². The molecule has 2 rings (SSSR count). The molecule has 110 valence electrons. The van der Waals surface area contributed by atoms with Gasteiger partial charge >= 0.3 is 5.97 Å². The monoisotopic (exact) mass is 286 g/mol. The second-order valence-corrected chi connectivity index (χ2v) is 4.57. The Kier molecular flexibility index (Phi) is 4.82. The van der Waals surface area contributed by atoms with Crippen LogP contribution in [0.2, 0.25) is 0 Å². The lowest BCUT2D eigenvalue weighted by Crippen LogP contribution is -2.05. The van der Waals surface area contributed by atoms with Gasteiger partial charge in [-0.15, -0.1) is 0 Å². The van der Waals surface area contributed by atoms with E-state index in [1.54, 1.807) is 36.4 Å². The fraction of sp³-hybridized carbons (Fsp3) is 0.235. The molecule has 0 bridgehead atoms. The highest BCUT2D eigenvalue weighted by Gasteiger charge is 2.13. The number of esters is 1. The largest absolute Gasteiger partial charge is 0.507 e. The van der Waals surface area contributed by atoms with Crippen molar-refractivity contribution in [3.8, 4) is 22.6 Å². The molecule has 0 aromatic heterocycles. The highest BCUT2D eigenvalue weighted by atomic mass is 16.5. The number of methoxy groups -OCH3 is 1. The second kappa shape index (κ2) is 6.79. The van der Waals surface area contributed by atoms with Crippen LogP contribution in [0.3, 0.4) is 0 Å². The van der Waals surface area contributed by atoms with Crippen molar-refractivity contribution < 1.29 is 19.4 Å². The first-order chi connectivity index (χ1) is 10.2. The molecule has 0 heterocycles. The Balaban J connectivity index is 2.40. The van der Waals surface area contributed by atoms with E-state index in [9.17, 15) is 9.90 Å². The van der Waals surface area contributed by atoms with Gasteiger partial charge in [0.2, 0.25) is 0 Å². The number of carbonyl (C=O) groups is 1. The quantitative estimate of drug-likeness (QED) is 0.853. The minimum absolute atomic E-state index is 0.105. The molecule has 0 aliphatic carbocycles. The van der Waals surface area contributed by atoms with Crippen LogP contribution in [0, 0.1) is 0 Å². The summed E-state index contributed by atoms with van der Waals surface area (Å²) in [5, 5.41) is 10.1. The van der Waals surface area contributed by atoms with Crippen molar-refractivity contribution in [1.29, 1.82) is 0 Å². The van der Waals surface area contributed by atoms with Crippen molar-refractivity contribution in [3.05, 3.63) is 48.0 Å². The number of ether oxygens (including phenoxy) is 2. The molecule has 0 fully saturated rings. The van der Waals surface area contributed by atoms with Crippen LogP contribution in [0.1, 0.15) is 23.7 Å². The first-order valence-electron chi connectivity index (χ1n) is 6.81. The standard InChI is InChI=1S/C17H18O4/c1-3-10-21-17(19)13-7-4-6-12(11-13)16-14(18)8-5-9-15(16)20-2/h4-9,11,18H,3,10H2,1-2H3. The van der Waals surface area contributed by atoms with Crippen LogP contribution in [-0.2, 0) is 4.74 Å². The molecule has 0 unspecified atom stereocenters. The minimum atomic E-state index is -0.368. The van der Waals surface area contributed by atoms with Crippen LogP contribution in [0.5, 0.6) is 11.5 Å². The van der Waals surface area contributed by atoms with Crippen molar-refractivity contribution in [2.45, 2.75) is 13.3 Å². The maximum Gasteiger partial charge on any atom is 0.338 e. The fourth-order valence-corrected chi connectivity index (χ4v) is 2.06. The summed E-state index contributed by atoms with van der Waals surface area (Å²) in [6.45, 7) is 2.33. The smallest absolute Gasteiger partial charge is 0.338 e. The molecule has 0 saturated carbocycles. The topological polar surface area (TPSA) is 55.8 Å². The molecule has 0 aliphatic heterocycles. The Morgan fingerprint density at radius 3 is 2.67 bits per heavy atom. The first kappa shape index (κ1) is 14.9. The van der Waals surface area contributed by atoms with Gasteiger partial charge in [-0.1, -0.05) is 25.1 Å². The highest BCUT2D eigenvalue weighted by Crippen LogP contribution is 2.37. The number of aromatic hydroxyl groups is 1. The number of hydrogen-bond acceptors (Lipinski definition) is 4. The van der Waals surface area contributed by atoms with E-state index < -0.39 is 0 Å². The molecule has 0 spiro atoms. The number of hydrogen-bond donors (Lipinski definition) is 1. The van der Waals surface area contributed by atoms with Gasteiger partial charge in [0.15, 0.2) is 0 Å². The van der Waals surface area contributed by atoms with Crippen LogP contribution in [0.15, 0.2) is 42.5 Å². The Bertz CT molecular complexity index is 634. The van der Waals surface area contributed by atoms with Crippen LogP contribution in [0.25, 0.3) is 11.1 Å². The van der Waals surface area contributed by atoms with Gasteiger partial charge in [-0.05, 0) is 36.2 Å². The van der Waals surface area contributed by atoms with Gasteiger partial charge in [-0.2, -0.15) is 0 Å². The summed E-state index contributed by atoms with van der Waals surface area (Å²) in [4.78, 5) is 11.9. The predicted molar refractivity (Wildman–Crippen MR) is 80.7 cm³/mol. The summed E-state index contributed by atoms with van der Waals surface area (Å²) in [6.07, 6.45) is 0.777. The molecular formula is C17H18O4. The van der Waals surface area contributed by atoms with Gasteiger partial charge < -0.3 is 14.6 Å². The zero-order chi connectivity index (χ0) is 15.2. The average Bonchev–Trinajstić information content (AvgIpc) is 2.52. The average molecular weight is 286 g/mol. The predicted octanol–water partition coefficient (Wildman–Crippen LogP) is 3.63. The van der Waals surface area contributed by atoms with Gasteiger partial charge in [0.25, 0.3) is 0 Å². The highest BCUT2D eigenvalue weighted by molar-refractivity contribution is 5.92. The lowest BCUT2D eigenvalue weighted by Gasteiger charge is -2.11. The maximum absolute atomic E-state index is 11.9. The molecule has 2 aromatic carbocycles. The molecule has 0 amide bonds. The van der Waals surface area contributed by atoms with E-state index in [0.29, 0.717) is 29.0 Å². The zero-order valence-electron chi connectivity index (χ0n) is 12.1. The molecule has 0 radical (unpaired) electrons. The third kappa shape index (κ3) is 3.34. The van der Waals surface area contributed by atoms with Crippen molar-refractivity contribution in [2.75, 3.05) is 13.7 Å². The second-order valence-electron chi connectivity index (χ2n) is 4.57. The van der Waals surface area contributed by atoms with Crippen LogP contribution in [0.4, 0.5) is 0 Å².